The summed E-state index contributed by atoms with van der Waals surface area (Å²) in [6.07, 6.45) is 7.19. The van der Waals surface area contributed by atoms with E-state index in [2.05, 4.69) is 49.2 Å². The van der Waals surface area contributed by atoms with Gasteiger partial charge in [0.25, 0.3) is 0 Å². The molecule has 10 heteroatoms. The summed E-state index contributed by atoms with van der Waals surface area (Å²) in [4.78, 5) is 38.0. The van der Waals surface area contributed by atoms with Crippen LogP contribution in [-0.4, -0.2) is 72.9 Å². The van der Waals surface area contributed by atoms with Crippen molar-refractivity contribution in [1.82, 2.24) is 34.7 Å². The number of pyridine rings is 1. The van der Waals surface area contributed by atoms with Gasteiger partial charge in [-0.3, -0.25) is 9.69 Å². The Kier molecular flexibility index (Phi) is 6.86. The lowest BCUT2D eigenvalue weighted by atomic mass is 10.1. The highest BCUT2D eigenvalue weighted by molar-refractivity contribution is 5.84. The van der Waals surface area contributed by atoms with E-state index < -0.39 is 0 Å². The number of fused-ring (bicyclic) bond motifs is 1. The first-order valence-electron chi connectivity index (χ1n) is 13.7. The quantitative estimate of drug-likeness (QED) is 0.344. The van der Waals surface area contributed by atoms with Crippen LogP contribution in [-0.2, 0) is 4.79 Å². The zero-order chi connectivity index (χ0) is 26.9. The van der Waals surface area contributed by atoms with Gasteiger partial charge >= 0.3 is 0 Å². The van der Waals surface area contributed by atoms with Crippen LogP contribution in [0.25, 0.3) is 22.3 Å². The predicted molar refractivity (Wildman–Crippen MR) is 150 cm³/mol. The monoisotopic (exact) mass is 526 g/mol. The van der Waals surface area contributed by atoms with Crippen LogP contribution in [0.15, 0.2) is 49.1 Å². The highest BCUT2D eigenvalue weighted by Gasteiger charge is 2.35. The maximum atomic E-state index is 12.4. The molecule has 2 fully saturated rings. The van der Waals surface area contributed by atoms with Gasteiger partial charge in [0.05, 0.1) is 23.3 Å². The molecule has 1 atom stereocenters. The maximum absolute atomic E-state index is 12.4. The highest BCUT2D eigenvalue weighted by atomic mass is 16.5. The molecule has 1 saturated carbocycles. The van der Waals surface area contributed by atoms with E-state index >= 15 is 0 Å². The van der Waals surface area contributed by atoms with Gasteiger partial charge in [-0.2, -0.15) is 0 Å². The molecule has 3 aromatic heterocycles. The molecule has 0 radical (unpaired) electrons. The van der Waals surface area contributed by atoms with Gasteiger partial charge in [-0.1, -0.05) is 6.07 Å². The summed E-state index contributed by atoms with van der Waals surface area (Å²) in [7, 11) is 0. The summed E-state index contributed by atoms with van der Waals surface area (Å²) in [5, 5.41) is 3.33. The molecule has 0 spiro atoms. The van der Waals surface area contributed by atoms with Crippen molar-refractivity contribution < 1.29 is 9.53 Å². The van der Waals surface area contributed by atoms with Crippen LogP contribution in [0.3, 0.4) is 0 Å². The minimum absolute atomic E-state index is 0.0218. The van der Waals surface area contributed by atoms with Crippen LogP contribution in [0, 0.1) is 5.92 Å². The molecule has 4 aromatic rings. The topological polar surface area (TPSA) is 112 Å². The van der Waals surface area contributed by atoms with Gasteiger partial charge in [-0.05, 0) is 63.4 Å². The molecule has 39 heavy (non-hydrogen) atoms. The number of amides is 1. The first-order valence-corrected chi connectivity index (χ1v) is 13.7. The number of imidazole rings is 1. The van der Waals surface area contributed by atoms with Gasteiger partial charge in [0, 0.05) is 49.9 Å². The fourth-order valence-corrected chi connectivity index (χ4v) is 5.12. The van der Waals surface area contributed by atoms with E-state index in [9.17, 15) is 4.79 Å². The SMILES string of the molecule is CC(C)Oc1cncnc1-c1ccc2nc(Nc3cc(C(C)N4CCN(C(=O)C5CC5)CC4)ccn3)[nH]c2c1. The van der Waals surface area contributed by atoms with Crippen LogP contribution in [0.1, 0.15) is 45.2 Å². The molecular formula is C29H34N8O2. The van der Waals surface area contributed by atoms with Crippen LogP contribution in [0.2, 0.25) is 0 Å². The largest absolute Gasteiger partial charge is 0.487 e. The molecule has 1 aliphatic heterocycles. The Morgan fingerprint density at radius 2 is 1.90 bits per heavy atom. The summed E-state index contributed by atoms with van der Waals surface area (Å²) in [5.74, 6) is 2.63. The van der Waals surface area contributed by atoms with Gasteiger partial charge < -0.3 is 19.9 Å². The second-order valence-electron chi connectivity index (χ2n) is 10.6. The Morgan fingerprint density at radius 3 is 2.67 bits per heavy atom. The van der Waals surface area contributed by atoms with Gasteiger partial charge in [0.15, 0.2) is 5.75 Å². The van der Waals surface area contributed by atoms with E-state index in [1.165, 1.54) is 11.9 Å². The molecule has 0 bridgehead atoms. The maximum Gasteiger partial charge on any atom is 0.225 e. The molecule has 2 aliphatic rings. The third kappa shape index (κ3) is 5.56. The summed E-state index contributed by atoms with van der Waals surface area (Å²) in [6, 6.07) is 10.3. The summed E-state index contributed by atoms with van der Waals surface area (Å²) >= 11 is 0. The molecule has 1 aliphatic carbocycles. The highest BCUT2D eigenvalue weighted by Crippen LogP contribution is 2.33. The van der Waals surface area contributed by atoms with Gasteiger partial charge in [0.1, 0.15) is 17.8 Å². The third-order valence-electron chi connectivity index (χ3n) is 7.41. The molecule has 1 aromatic carbocycles. The van der Waals surface area contributed by atoms with Gasteiger partial charge in [0.2, 0.25) is 11.9 Å². The fraction of sp³-hybridized carbons (Fsp3) is 0.414. The van der Waals surface area contributed by atoms with Crippen LogP contribution in [0.5, 0.6) is 5.75 Å². The van der Waals surface area contributed by atoms with Crippen molar-refractivity contribution in [2.45, 2.75) is 45.8 Å². The van der Waals surface area contributed by atoms with Crippen molar-refractivity contribution in [3.8, 4) is 17.0 Å². The van der Waals surface area contributed by atoms with Crippen LogP contribution in [0.4, 0.5) is 11.8 Å². The second kappa shape index (κ2) is 10.6. The lowest BCUT2D eigenvalue weighted by molar-refractivity contribution is -0.134. The molecule has 10 nitrogen and oxygen atoms in total. The summed E-state index contributed by atoms with van der Waals surface area (Å²) in [6.45, 7) is 9.54. The number of aromatic nitrogens is 5. The number of hydrogen-bond acceptors (Lipinski definition) is 8. The van der Waals surface area contributed by atoms with Gasteiger partial charge in [-0.15, -0.1) is 0 Å². The van der Waals surface area contributed by atoms with E-state index in [1.54, 1.807) is 6.20 Å². The normalized spacial score (nSPS) is 17.0. The number of hydrogen-bond donors (Lipinski definition) is 2. The molecule has 4 heterocycles. The summed E-state index contributed by atoms with van der Waals surface area (Å²) in [5.41, 5.74) is 4.56. The van der Waals surface area contributed by atoms with E-state index in [1.807, 2.05) is 43.1 Å². The Bertz CT molecular complexity index is 1470. The van der Waals surface area contributed by atoms with E-state index in [4.69, 9.17) is 9.72 Å². The smallest absolute Gasteiger partial charge is 0.225 e. The van der Waals surface area contributed by atoms with Crippen molar-refractivity contribution in [2.24, 2.45) is 5.92 Å². The minimum atomic E-state index is 0.0218. The number of piperazine rings is 1. The standard InChI is InChI=1S/C29H34N8O2/c1-18(2)39-25-16-30-17-32-27(25)22-6-7-23-24(14-22)34-29(33-23)35-26-15-21(8-9-31-26)19(3)36-10-12-37(13-11-36)28(38)20-4-5-20/h6-9,14-20H,4-5,10-13H2,1-3H3,(H2,31,33,34,35). The molecule has 1 saturated heterocycles. The molecule has 1 amide bonds. The number of carbonyl (C=O) groups is 1. The zero-order valence-electron chi connectivity index (χ0n) is 22.6. The molecule has 1 unspecified atom stereocenters. The molecule has 2 N–H and O–H groups in total. The number of carbonyl (C=O) groups excluding carboxylic acids is 1. The Balaban J connectivity index is 1.15. The van der Waals surface area contributed by atoms with Crippen LogP contribution >= 0.6 is 0 Å². The van der Waals surface area contributed by atoms with Gasteiger partial charge in [-0.25, -0.2) is 19.9 Å². The van der Waals surface area contributed by atoms with Crippen molar-refractivity contribution >= 4 is 28.7 Å². The number of benzene rings is 1. The summed E-state index contributed by atoms with van der Waals surface area (Å²) < 4.78 is 5.91. The number of ether oxygens (including phenoxy) is 1. The number of nitrogens with zero attached hydrogens (tertiary/aromatic N) is 6. The predicted octanol–water partition coefficient (Wildman–Crippen LogP) is 4.56. The number of nitrogens with one attached hydrogen (secondary N) is 2. The number of anilines is 2. The van der Waals surface area contributed by atoms with Crippen molar-refractivity contribution in [3.05, 3.63) is 54.6 Å². The van der Waals surface area contributed by atoms with E-state index in [0.29, 0.717) is 17.6 Å². The average Bonchev–Trinajstić information content (AvgIpc) is 3.72. The molecule has 202 valence electrons. The van der Waals surface area contributed by atoms with E-state index in [-0.39, 0.29) is 18.1 Å². The Hall–Kier alpha value is -4.05. The van der Waals surface area contributed by atoms with Crippen LogP contribution < -0.4 is 10.1 Å². The third-order valence-corrected chi connectivity index (χ3v) is 7.41. The first kappa shape index (κ1) is 25.2. The molecule has 6 rings (SSSR count). The number of rotatable bonds is 8. The van der Waals surface area contributed by atoms with Crippen molar-refractivity contribution in [2.75, 3.05) is 31.5 Å². The zero-order valence-corrected chi connectivity index (χ0v) is 22.6. The lowest BCUT2D eigenvalue weighted by Gasteiger charge is -2.38. The second-order valence-corrected chi connectivity index (χ2v) is 10.6. The number of aromatic amines is 1. The minimum Gasteiger partial charge on any atom is -0.487 e. The molecular weight excluding hydrogens is 492 g/mol. The fourth-order valence-electron chi connectivity index (χ4n) is 5.12. The van der Waals surface area contributed by atoms with Crippen molar-refractivity contribution in [1.29, 1.82) is 0 Å². The average molecular weight is 527 g/mol. The lowest BCUT2D eigenvalue weighted by Crippen LogP contribution is -2.49. The van der Waals surface area contributed by atoms with Crippen molar-refractivity contribution in [3.63, 3.8) is 0 Å². The van der Waals surface area contributed by atoms with E-state index in [0.717, 1.165) is 67.1 Å². The number of H-pyrrole nitrogens is 1. The Morgan fingerprint density at radius 1 is 1.08 bits per heavy atom. The first-order chi connectivity index (χ1) is 18.9. The Labute approximate surface area is 227 Å².